The molecule has 4 nitrogen and oxygen atoms in total. The first kappa shape index (κ1) is 14.1. The normalized spacial score (nSPS) is 11.8. The molecule has 0 aliphatic heterocycles. The predicted octanol–water partition coefficient (Wildman–Crippen LogP) is 3.37. The van der Waals surface area contributed by atoms with Crippen LogP contribution in [0.1, 0.15) is 5.56 Å². The Hall–Kier alpha value is -2.27. The molecule has 0 fully saturated rings. The van der Waals surface area contributed by atoms with Crippen LogP contribution in [-0.4, -0.2) is 22.7 Å². The molecule has 0 heterocycles. The van der Waals surface area contributed by atoms with E-state index >= 15 is 0 Å². The lowest BCUT2D eigenvalue weighted by atomic mass is 10.2. The molecule has 2 aromatic carbocycles. The molecule has 0 aromatic heterocycles. The highest BCUT2D eigenvalue weighted by atomic mass is 32.2. The number of phenols is 1. The number of hydrazone groups is 1. The third-order valence-corrected chi connectivity index (χ3v) is 3.05. The Kier molecular flexibility index (Phi) is 5.20. The van der Waals surface area contributed by atoms with Crippen molar-refractivity contribution in [2.45, 2.75) is 0 Å². The molecule has 0 aliphatic carbocycles. The largest absolute Gasteiger partial charge is 0.507 e. The zero-order valence-electron chi connectivity index (χ0n) is 11.0. The average Bonchev–Trinajstić information content (AvgIpc) is 2.49. The van der Waals surface area contributed by atoms with E-state index in [-0.39, 0.29) is 5.75 Å². The summed E-state index contributed by atoms with van der Waals surface area (Å²) in [4.78, 5) is 4.42. The lowest BCUT2D eigenvalue weighted by Gasteiger charge is -2.02. The van der Waals surface area contributed by atoms with Crippen molar-refractivity contribution in [2.24, 2.45) is 10.1 Å². The van der Waals surface area contributed by atoms with Gasteiger partial charge in [-0.25, -0.2) is 4.99 Å². The van der Waals surface area contributed by atoms with Crippen LogP contribution >= 0.6 is 11.8 Å². The number of hydrogen-bond donors (Lipinski definition) is 2. The van der Waals surface area contributed by atoms with E-state index in [0.717, 1.165) is 5.69 Å². The fraction of sp³-hybridized carbons (Fsp3) is 0.0667. The van der Waals surface area contributed by atoms with Crippen LogP contribution in [0.3, 0.4) is 0 Å². The predicted molar refractivity (Wildman–Crippen MR) is 85.9 cm³/mol. The summed E-state index contributed by atoms with van der Waals surface area (Å²) < 4.78 is 0. The Morgan fingerprint density at radius 2 is 1.80 bits per heavy atom. The molecule has 5 heteroatoms. The van der Waals surface area contributed by atoms with Gasteiger partial charge in [-0.05, 0) is 30.5 Å². The van der Waals surface area contributed by atoms with Gasteiger partial charge < -0.3 is 5.11 Å². The fourth-order valence-electron chi connectivity index (χ4n) is 1.49. The van der Waals surface area contributed by atoms with Gasteiger partial charge in [-0.1, -0.05) is 42.1 Å². The number of para-hydroxylation sites is 2. The monoisotopic (exact) mass is 285 g/mol. The number of aromatic hydroxyl groups is 1. The zero-order valence-corrected chi connectivity index (χ0v) is 11.8. The third kappa shape index (κ3) is 4.13. The molecule has 102 valence electrons. The van der Waals surface area contributed by atoms with E-state index in [1.54, 1.807) is 24.4 Å². The van der Waals surface area contributed by atoms with Gasteiger partial charge in [0.05, 0.1) is 11.9 Å². The molecule has 0 radical (unpaired) electrons. The van der Waals surface area contributed by atoms with Crippen molar-refractivity contribution in [2.75, 3.05) is 6.26 Å². The zero-order chi connectivity index (χ0) is 14.2. The van der Waals surface area contributed by atoms with Crippen LogP contribution in [0, 0.1) is 0 Å². The third-order valence-electron chi connectivity index (χ3n) is 2.48. The molecular formula is C15H15N3OS. The SMILES string of the molecule is CSC(=Nc1ccccc1)N/N=C\c1ccccc1O. The maximum absolute atomic E-state index is 9.61. The number of aliphatic imine (C=N–C) groups is 1. The van der Waals surface area contributed by atoms with Crippen LogP contribution in [0.5, 0.6) is 5.75 Å². The van der Waals surface area contributed by atoms with Crippen LogP contribution in [0.25, 0.3) is 0 Å². The number of hydrogen-bond acceptors (Lipinski definition) is 4. The topological polar surface area (TPSA) is 57.0 Å². The van der Waals surface area contributed by atoms with Crippen LogP contribution in [0.15, 0.2) is 64.7 Å². The highest BCUT2D eigenvalue weighted by Gasteiger charge is 1.97. The van der Waals surface area contributed by atoms with Crippen molar-refractivity contribution in [3.63, 3.8) is 0 Å². The van der Waals surface area contributed by atoms with Gasteiger partial charge in [0.15, 0.2) is 5.17 Å². The Morgan fingerprint density at radius 1 is 1.10 bits per heavy atom. The molecule has 2 rings (SSSR count). The summed E-state index contributed by atoms with van der Waals surface area (Å²) in [5.74, 6) is 0.198. The summed E-state index contributed by atoms with van der Waals surface area (Å²) in [5, 5.41) is 14.4. The average molecular weight is 285 g/mol. The van der Waals surface area contributed by atoms with Gasteiger partial charge in [-0.3, -0.25) is 5.43 Å². The first-order valence-electron chi connectivity index (χ1n) is 6.04. The maximum atomic E-state index is 9.61. The second-order valence-corrected chi connectivity index (χ2v) is 4.68. The number of phenolic OH excluding ortho intramolecular Hbond substituents is 1. The van der Waals surface area contributed by atoms with Crippen molar-refractivity contribution in [1.82, 2.24) is 5.43 Å². The first-order chi connectivity index (χ1) is 9.79. The Labute approximate surface area is 122 Å². The Balaban J connectivity index is 2.05. The van der Waals surface area contributed by atoms with Crippen molar-refractivity contribution in [3.05, 3.63) is 60.2 Å². The Bertz CT molecular complexity index is 612. The molecule has 0 aliphatic rings. The smallest absolute Gasteiger partial charge is 0.182 e. The van der Waals surface area contributed by atoms with Crippen molar-refractivity contribution in [1.29, 1.82) is 0 Å². The molecule has 0 bridgehead atoms. The minimum atomic E-state index is 0.198. The summed E-state index contributed by atoms with van der Waals surface area (Å²) >= 11 is 1.47. The van der Waals surface area contributed by atoms with Crippen LogP contribution in [-0.2, 0) is 0 Å². The lowest BCUT2D eigenvalue weighted by molar-refractivity contribution is 0.474. The summed E-state index contributed by atoms with van der Waals surface area (Å²) in [6.45, 7) is 0. The van der Waals surface area contributed by atoms with Crippen molar-refractivity contribution < 1.29 is 5.11 Å². The standard InChI is InChI=1S/C15H15N3OS/c1-20-15(17-13-8-3-2-4-9-13)18-16-11-12-7-5-6-10-14(12)19/h2-11,19H,1H3,(H,17,18)/b16-11-. The van der Waals surface area contributed by atoms with E-state index in [9.17, 15) is 5.11 Å². The summed E-state index contributed by atoms with van der Waals surface area (Å²) in [6.07, 6.45) is 3.48. The number of rotatable bonds is 3. The van der Waals surface area contributed by atoms with Crippen molar-refractivity contribution in [3.8, 4) is 5.75 Å². The molecule has 0 spiro atoms. The maximum Gasteiger partial charge on any atom is 0.182 e. The highest BCUT2D eigenvalue weighted by Crippen LogP contribution is 2.13. The quantitative estimate of drug-likeness (QED) is 0.516. The highest BCUT2D eigenvalue weighted by molar-refractivity contribution is 8.13. The van der Waals surface area contributed by atoms with Crippen LogP contribution in [0.4, 0.5) is 5.69 Å². The van der Waals surface area contributed by atoms with Gasteiger partial charge in [0.25, 0.3) is 0 Å². The van der Waals surface area contributed by atoms with E-state index < -0.39 is 0 Å². The van der Waals surface area contributed by atoms with Gasteiger partial charge in [-0.2, -0.15) is 5.10 Å². The molecule has 2 N–H and O–H groups in total. The van der Waals surface area contributed by atoms with Gasteiger partial charge in [0.1, 0.15) is 5.75 Å². The molecule has 0 unspecified atom stereocenters. The number of amidine groups is 1. The molecule has 0 amide bonds. The molecule has 0 saturated carbocycles. The van der Waals surface area contributed by atoms with Gasteiger partial charge in [-0.15, -0.1) is 0 Å². The van der Waals surface area contributed by atoms with E-state index in [1.165, 1.54) is 11.8 Å². The van der Waals surface area contributed by atoms with E-state index in [1.807, 2.05) is 42.7 Å². The molecular weight excluding hydrogens is 270 g/mol. The van der Waals surface area contributed by atoms with E-state index in [4.69, 9.17) is 0 Å². The van der Waals surface area contributed by atoms with Crippen molar-refractivity contribution >= 4 is 28.8 Å². The van der Waals surface area contributed by atoms with Crippen LogP contribution in [0.2, 0.25) is 0 Å². The van der Waals surface area contributed by atoms with Gasteiger partial charge >= 0.3 is 0 Å². The summed E-state index contributed by atoms with van der Waals surface area (Å²) in [7, 11) is 0. The minimum absolute atomic E-state index is 0.198. The number of thioether (sulfide) groups is 1. The van der Waals surface area contributed by atoms with Gasteiger partial charge in [0.2, 0.25) is 0 Å². The lowest BCUT2D eigenvalue weighted by Crippen LogP contribution is -2.13. The number of nitrogens with one attached hydrogen (secondary N) is 1. The summed E-state index contributed by atoms with van der Waals surface area (Å²) in [6, 6.07) is 16.7. The van der Waals surface area contributed by atoms with Crippen LogP contribution < -0.4 is 5.43 Å². The second kappa shape index (κ2) is 7.35. The van der Waals surface area contributed by atoms with E-state index in [0.29, 0.717) is 10.7 Å². The molecule has 2 aromatic rings. The number of benzene rings is 2. The van der Waals surface area contributed by atoms with E-state index in [2.05, 4.69) is 15.5 Å². The minimum Gasteiger partial charge on any atom is -0.507 e. The Morgan fingerprint density at radius 3 is 2.50 bits per heavy atom. The molecule has 0 atom stereocenters. The second-order valence-electron chi connectivity index (χ2n) is 3.89. The number of nitrogens with zero attached hydrogens (tertiary/aromatic N) is 2. The fourth-order valence-corrected chi connectivity index (χ4v) is 1.83. The van der Waals surface area contributed by atoms with Gasteiger partial charge in [0, 0.05) is 5.56 Å². The summed E-state index contributed by atoms with van der Waals surface area (Å²) in [5.41, 5.74) is 4.38. The molecule has 0 saturated heterocycles. The molecule has 20 heavy (non-hydrogen) atoms. The first-order valence-corrected chi connectivity index (χ1v) is 7.27.